The van der Waals surface area contributed by atoms with Crippen LogP contribution in [0.4, 0.5) is 0 Å². The molecule has 3 aromatic rings. The zero-order valence-electron chi connectivity index (χ0n) is 18.5. The van der Waals surface area contributed by atoms with E-state index in [-0.39, 0.29) is 23.4 Å². The third kappa shape index (κ3) is 6.06. The average Bonchev–Trinajstić information content (AvgIpc) is 3.32. The van der Waals surface area contributed by atoms with Gasteiger partial charge in [-0.25, -0.2) is 4.98 Å². The lowest BCUT2D eigenvalue weighted by Gasteiger charge is -2.25. The molecule has 0 spiro atoms. The molecule has 8 heteroatoms. The number of nitrogens with one attached hydrogen (secondary N) is 2. The number of hydrogen-bond acceptors (Lipinski definition) is 5. The molecule has 2 aromatic carbocycles. The molecular formula is C25H27N3O5. The van der Waals surface area contributed by atoms with Crippen molar-refractivity contribution in [2.75, 3.05) is 6.54 Å². The van der Waals surface area contributed by atoms with E-state index in [4.69, 9.17) is 9.52 Å². The van der Waals surface area contributed by atoms with Crippen LogP contribution in [0.2, 0.25) is 0 Å². The first kappa shape index (κ1) is 23.7. The molecule has 172 valence electrons. The number of carbonyl (C=O) groups is 3. The average molecular weight is 450 g/mol. The molecule has 2 amide bonds. The van der Waals surface area contributed by atoms with Crippen LogP contribution < -0.4 is 10.6 Å². The minimum Gasteiger partial charge on any atom is -0.480 e. The topological polar surface area (TPSA) is 122 Å². The van der Waals surface area contributed by atoms with Gasteiger partial charge in [-0.3, -0.25) is 14.4 Å². The van der Waals surface area contributed by atoms with Gasteiger partial charge in [0.25, 0.3) is 5.91 Å². The Morgan fingerprint density at radius 1 is 1.00 bits per heavy atom. The minimum absolute atomic E-state index is 0.0327. The van der Waals surface area contributed by atoms with Crippen LogP contribution in [-0.4, -0.2) is 34.4 Å². The molecule has 33 heavy (non-hydrogen) atoms. The molecule has 3 N–H and O–H groups in total. The van der Waals surface area contributed by atoms with E-state index in [2.05, 4.69) is 15.6 Å². The van der Waals surface area contributed by atoms with E-state index in [1.54, 1.807) is 0 Å². The highest BCUT2D eigenvalue weighted by molar-refractivity contribution is 5.93. The molecule has 0 aliphatic carbocycles. The van der Waals surface area contributed by atoms with Crippen molar-refractivity contribution >= 4 is 17.8 Å². The highest BCUT2D eigenvalue weighted by Gasteiger charge is 2.30. The highest BCUT2D eigenvalue weighted by Crippen LogP contribution is 2.29. The largest absolute Gasteiger partial charge is 0.480 e. The molecule has 0 aliphatic rings. The standard InChI is InChI=1S/C25H27N3O5/c1-3-16(2)22(25-27-19(15-33-25)23(31)26-14-20(29)30)28-24(32)21(17-10-6-4-7-11-17)18-12-8-5-9-13-18/h4-13,15-16,21-22H,3,14H2,1-2H3,(H,26,31)(H,28,32)(H,29,30)/t16-,22-/m0/s1. The maximum Gasteiger partial charge on any atom is 0.322 e. The number of carboxylic acid groups (broad SMARTS) is 1. The molecule has 0 bridgehead atoms. The second-order valence-corrected chi connectivity index (χ2v) is 7.77. The van der Waals surface area contributed by atoms with E-state index in [9.17, 15) is 14.4 Å². The lowest BCUT2D eigenvalue weighted by molar-refractivity contribution is -0.135. The zero-order chi connectivity index (χ0) is 23.8. The smallest absolute Gasteiger partial charge is 0.322 e. The van der Waals surface area contributed by atoms with Crippen molar-refractivity contribution in [1.29, 1.82) is 0 Å². The Kier molecular flexibility index (Phi) is 7.96. The van der Waals surface area contributed by atoms with Gasteiger partial charge in [0.1, 0.15) is 18.8 Å². The van der Waals surface area contributed by atoms with Gasteiger partial charge < -0.3 is 20.2 Å². The lowest BCUT2D eigenvalue weighted by Crippen LogP contribution is -2.36. The van der Waals surface area contributed by atoms with Crippen LogP contribution in [0.1, 0.15) is 59.7 Å². The number of nitrogens with zero attached hydrogens (tertiary/aromatic N) is 1. The van der Waals surface area contributed by atoms with E-state index in [1.807, 2.05) is 74.5 Å². The summed E-state index contributed by atoms with van der Waals surface area (Å²) in [6.45, 7) is 3.42. The van der Waals surface area contributed by atoms with Crippen LogP contribution in [-0.2, 0) is 9.59 Å². The Hall–Kier alpha value is -3.94. The van der Waals surface area contributed by atoms with Gasteiger partial charge in [-0.15, -0.1) is 0 Å². The second-order valence-electron chi connectivity index (χ2n) is 7.77. The summed E-state index contributed by atoms with van der Waals surface area (Å²) in [6, 6.07) is 18.4. The molecule has 2 atom stereocenters. The Morgan fingerprint density at radius 2 is 1.58 bits per heavy atom. The molecule has 3 rings (SSSR count). The third-order valence-electron chi connectivity index (χ3n) is 5.46. The predicted octanol–water partition coefficient (Wildman–Crippen LogP) is 3.52. The monoisotopic (exact) mass is 449 g/mol. The Morgan fingerprint density at radius 3 is 2.09 bits per heavy atom. The van der Waals surface area contributed by atoms with E-state index in [0.29, 0.717) is 0 Å². The van der Waals surface area contributed by atoms with Crippen molar-refractivity contribution < 1.29 is 23.9 Å². The summed E-state index contributed by atoms with van der Waals surface area (Å²) in [7, 11) is 0. The Balaban J connectivity index is 1.87. The van der Waals surface area contributed by atoms with Crippen LogP contribution in [0.15, 0.2) is 71.3 Å². The van der Waals surface area contributed by atoms with Crippen molar-refractivity contribution in [3.05, 3.63) is 89.6 Å². The van der Waals surface area contributed by atoms with Crippen LogP contribution in [0.3, 0.4) is 0 Å². The van der Waals surface area contributed by atoms with Gasteiger partial charge in [-0.1, -0.05) is 80.9 Å². The number of aliphatic carboxylic acids is 1. The van der Waals surface area contributed by atoms with Crippen LogP contribution in [0.5, 0.6) is 0 Å². The molecule has 0 fully saturated rings. The van der Waals surface area contributed by atoms with Crippen molar-refractivity contribution in [3.63, 3.8) is 0 Å². The lowest BCUT2D eigenvalue weighted by atomic mass is 9.89. The normalized spacial score (nSPS) is 12.7. The van der Waals surface area contributed by atoms with Crippen molar-refractivity contribution in [1.82, 2.24) is 15.6 Å². The van der Waals surface area contributed by atoms with Gasteiger partial charge in [0.15, 0.2) is 5.69 Å². The Labute approximate surface area is 192 Å². The van der Waals surface area contributed by atoms with Gasteiger partial charge in [0.05, 0.1) is 5.92 Å². The van der Waals surface area contributed by atoms with Gasteiger partial charge in [-0.2, -0.15) is 0 Å². The number of carboxylic acids is 1. The summed E-state index contributed by atoms with van der Waals surface area (Å²) >= 11 is 0. The molecular weight excluding hydrogens is 422 g/mol. The summed E-state index contributed by atoms with van der Waals surface area (Å²) in [5.74, 6) is -2.41. The number of hydrogen-bond donors (Lipinski definition) is 3. The number of amides is 2. The Bertz CT molecular complexity index is 1040. The van der Waals surface area contributed by atoms with Gasteiger partial charge in [0.2, 0.25) is 11.8 Å². The number of benzene rings is 2. The first-order chi connectivity index (χ1) is 15.9. The summed E-state index contributed by atoms with van der Waals surface area (Å²) < 4.78 is 5.54. The van der Waals surface area contributed by atoms with E-state index < -0.39 is 30.4 Å². The molecule has 0 aliphatic heterocycles. The van der Waals surface area contributed by atoms with Crippen molar-refractivity contribution in [3.8, 4) is 0 Å². The number of aromatic nitrogens is 1. The molecule has 0 saturated carbocycles. The predicted molar refractivity (Wildman–Crippen MR) is 122 cm³/mol. The van der Waals surface area contributed by atoms with E-state index >= 15 is 0 Å². The quantitative estimate of drug-likeness (QED) is 0.435. The molecule has 1 aromatic heterocycles. The van der Waals surface area contributed by atoms with Gasteiger partial charge >= 0.3 is 5.97 Å². The van der Waals surface area contributed by atoms with Crippen molar-refractivity contribution in [2.24, 2.45) is 5.92 Å². The second kappa shape index (κ2) is 11.1. The van der Waals surface area contributed by atoms with E-state index in [0.717, 1.165) is 17.5 Å². The first-order valence-electron chi connectivity index (χ1n) is 10.8. The fraction of sp³-hybridized carbons (Fsp3) is 0.280. The van der Waals surface area contributed by atoms with Gasteiger partial charge in [0, 0.05) is 0 Å². The first-order valence-corrected chi connectivity index (χ1v) is 10.8. The highest BCUT2D eigenvalue weighted by atomic mass is 16.4. The number of rotatable bonds is 10. The maximum atomic E-state index is 13.5. The van der Waals surface area contributed by atoms with E-state index in [1.165, 1.54) is 6.26 Å². The molecule has 0 radical (unpaired) electrons. The molecule has 0 unspecified atom stereocenters. The number of carbonyl (C=O) groups excluding carboxylic acids is 2. The summed E-state index contributed by atoms with van der Waals surface area (Å²) in [6.07, 6.45) is 1.90. The minimum atomic E-state index is -1.16. The molecule has 8 nitrogen and oxygen atoms in total. The molecule has 1 heterocycles. The fourth-order valence-electron chi connectivity index (χ4n) is 3.49. The van der Waals surface area contributed by atoms with Gasteiger partial charge in [-0.05, 0) is 17.0 Å². The van der Waals surface area contributed by atoms with Crippen LogP contribution in [0.25, 0.3) is 0 Å². The van der Waals surface area contributed by atoms with Crippen molar-refractivity contribution in [2.45, 2.75) is 32.2 Å². The third-order valence-corrected chi connectivity index (χ3v) is 5.46. The summed E-state index contributed by atoms with van der Waals surface area (Å²) in [5, 5.41) is 14.1. The molecule has 0 saturated heterocycles. The van der Waals surface area contributed by atoms with Crippen LogP contribution in [0, 0.1) is 5.92 Å². The summed E-state index contributed by atoms with van der Waals surface area (Å²) in [4.78, 5) is 40.6. The summed E-state index contributed by atoms with van der Waals surface area (Å²) in [5.41, 5.74) is 1.66. The fourth-order valence-corrected chi connectivity index (χ4v) is 3.49. The van der Waals surface area contributed by atoms with Crippen LogP contribution >= 0.6 is 0 Å². The number of oxazole rings is 1. The SMILES string of the molecule is CC[C@H](C)[C@H](NC(=O)C(c1ccccc1)c1ccccc1)c1nc(C(=O)NCC(=O)O)co1. The maximum absolute atomic E-state index is 13.5. The zero-order valence-corrected chi connectivity index (χ0v) is 18.5.